The van der Waals surface area contributed by atoms with Crippen LogP contribution < -0.4 is 0 Å². The number of benzene rings is 7. The van der Waals surface area contributed by atoms with E-state index in [9.17, 15) is 9.60 Å². The maximum atomic E-state index is 9.59. The van der Waals surface area contributed by atoms with Gasteiger partial charge in [-0.1, -0.05) is 135 Å². The number of para-hydroxylation sites is 1. The summed E-state index contributed by atoms with van der Waals surface area (Å²) in [5.41, 5.74) is -8.07. The summed E-state index contributed by atoms with van der Waals surface area (Å²) in [6, 6.07) is -17.8. The summed E-state index contributed by atoms with van der Waals surface area (Å²) in [6.45, 7) is -0.906. The first kappa shape index (κ1) is 10.5. The molecule has 1 atom stereocenters. The maximum Gasteiger partial charge on any atom is 0.138 e. The number of rotatable bonds is 2. The molecule has 8 aromatic rings. The first-order valence-corrected chi connectivity index (χ1v) is 13.2. The zero-order chi connectivity index (χ0) is 49.6. The highest BCUT2D eigenvalue weighted by Gasteiger charge is 2.38. The highest BCUT2D eigenvalue weighted by Crippen LogP contribution is 2.55. The molecule has 0 saturated heterocycles. The van der Waals surface area contributed by atoms with Gasteiger partial charge in [0.15, 0.2) is 0 Å². The van der Waals surface area contributed by atoms with Crippen LogP contribution in [0, 0.1) is 6.92 Å². The van der Waals surface area contributed by atoms with E-state index in [1.807, 2.05) is 0 Å². The lowest BCUT2D eigenvalue weighted by Gasteiger charge is -2.26. The molecule has 7 aromatic carbocycles. The standard InChI is InChI=1S/C42H30O/c1-25-23-24-33(39-32-18-9-11-22-36(32)43-41(25)39)37-27-14-4-6-16-29(27)38(30-17-7-5-15-28(30)37)34-20-12-19-31-26-13-8-10-21-35(26)42(2,3)40(31)34/h4-24H,1-3H3/i2D3,4D,5D,6D,7D,8D,9D,10D,11D,12D,13D,14D,15D,16D,17D,18D,19D,20D,21D,22D,23D,24D. The van der Waals surface area contributed by atoms with Crippen LogP contribution in [0.4, 0.5) is 0 Å². The molecule has 204 valence electrons. The van der Waals surface area contributed by atoms with Gasteiger partial charge in [-0.05, 0) is 84.6 Å². The molecule has 0 bridgehead atoms. The normalized spacial score (nSPS) is 24.0. The number of furan rings is 1. The minimum Gasteiger partial charge on any atom is -0.456 e. The van der Waals surface area contributed by atoms with Gasteiger partial charge in [-0.15, -0.1) is 0 Å². The smallest absolute Gasteiger partial charge is 0.138 e. The third-order valence-corrected chi connectivity index (χ3v) is 7.99. The van der Waals surface area contributed by atoms with E-state index in [1.54, 1.807) is 0 Å². The average Bonchev–Trinajstić information content (AvgIpc) is 3.81. The summed E-state index contributed by atoms with van der Waals surface area (Å²) >= 11 is 0. The van der Waals surface area contributed by atoms with Crippen molar-refractivity contribution in [1.29, 1.82) is 0 Å². The second-order valence-electron chi connectivity index (χ2n) is 10.4. The predicted molar refractivity (Wildman–Crippen MR) is 182 cm³/mol. The van der Waals surface area contributed by atoms with Crippen LogP contribution in [0.3, 0.4) is 0 Å². The van der Waals surface area contributed by atoms with E-state index in [-0.39, 0.29) is 21.9 Å². The van der Waals surface area contributed by atoms with Crippen molar-refractivity contribution < 1.29 is 37.3 Å². The number of hydrogen-bond acceptors (Lipinski definition) is 1. The molecule has 0 amide bonds. The van der Waals surface area contributed by atoms with Gasteiger partial charge in [0.25, 0.3) is 0 Å². The predicted octanol–water partition coefficient (Wildman–Crippen LogP) is 11.8. The summed E-state index contributed by atoms with van der Waals surface area (Å²) in [7, 11) is 0. The third-order valence-electron chi connectivity index (χ3n) is 7.99. The van der Waals surface area contributed by atoms with Crippen LogP contribution in [0.1, 0.15) is 63.4 Å². The van der Waals surface area contributed by atoms with Crippen molar-refractivity contribution in [2.24, 2.45) is 0 Å². The van der Waals surface area contributed by atoms with E-state index in [0.717, 1.165) is 6.92 Å². The van der Waals surface area contributed by atoms with Crippen LogP contribution in [-0.2, 0) is 5.41 Å². The van der Waals surface area contributed by atoms with Crippen molar-refractivity contribution >= 4 is 43.5 Å². The molecule has 0 aliphatic heterocycles. The van der Waals surface area contributed by atoms with Gasteiger partial charge in [-0.25, -0.2) is 0 Å². The van der Waals surface area contributed by atoms with Crippen molar-refractivity contribution in [3.63, 3.8) is 0 Å². The van der Waals surface area contributed by atoms with Gasteiger partial charge in [-0.2, -0.15) is 0 Å². The summed E-state index contributed by atoms with van der Waals surface area (Å²) in [6.07, 6.45) is 0. The number of fused-ring (bicyclic) bond motifs is 8. The van der Waals surface area contributed by atoms with Crippen molar-refractivity contribution in [3.8, 4) is 33.4 Å². The lowest BCUT2D eigenvalue weighted by Crippen LogP contribution is -2.16. The molecule has 1 heterocycles. The topological polar surface area (TPSA) is 13.1 Å². The zero-order valence-electron chi connectivity index (χ0n) is 46.4. The van der Waals surface area contributed by atoms with Crippen LogP contribution in [0.2, 0.25) is 0 Å². The summed E-state index contributed by atoms with van der Waals surface area (Å²) in [5, 5.41) is -3.28. The number of hydrogen-bond donors (Lipinski definition) is 0. The monoisotopic (exact) mass is 574 g/mol. The Labute approximate surface area is 284 Å². The Bertz CT molecular complexity index is 3640. The molecule has 1 aromatic heterocycles. The van der Waals surface area contributed by atoms with E-state index in [2.05, 4.69) is 0 Å². The van der Waals surface area contributed by atoms with E-state index in [1.165, 1.54) is 6.92 Å². The second-order valence-corrected chi connectivity index (χ2v) is 10.4. The van der Waals surface area contributed by atoms with Crippen LogP contribution >= 0.6 is 0 Å². The zero-order valence-corrected chi connectivity index (χ0v) is 22.4. The number of aryl methyl sites for hydroxylation is 1. The molecule has 1 aliphatic carbocycles. The third kappa shape index (κ3) is 3.22. The fraction of sp³-hybridized carbons (Fsp3) is 0.0952. The SMILES string of the molecule is [2H]c1c([2H])c([2H])c2c(c1[2H])-c1c([2H])c([2H])c([2H])c(-c3c4c([2H])c([2H])c([2H])c([2H])c4c(-c4c([2H])c([2H])c(C)c5oc6c([2H])c([2H])c([2H])c([2H])c6c45)c4c([2H])c([2H])c([2H])c([2H])c34)c1C2(C)C([2H])([2H])[2H]. The first-order chi connectivity index (χ1) is 31.0. The van der Waals surface area contributed by atoms with Gasteiger partial charge >= 0.3 is 0 Å². The molecule has 1 nitrogen and oxygen atoms in total. The van der Waals surface area contributed by atoms with Crippen molar-refractivity contribution in [2.45, 2.75) is 26.1 Å². The Hall–Kier alpha value is -5.14. The lowest BCUT2D eigenvalue weighted by molar-refractivity contribution is 0.662. The molecule has 0 saturated carbocycles. The summed E-state index contributed by atoms with van der Waals surface area (Å²) in [4.78, 5) is 0. The maximum absolute atomic E-state index is 9.59. The Morgan fingerprint density at radius 2 is 1.12 bits per heavy atom. The lowest BCUT2D eigenvalue weighted by atomic mass is 9.76. The van der Waals surface area contributed by atoms with Crippen LogP contribution in [0.15, 0.2) is 131 Å². The largest absolute Gasteiger partial charge is 0.456 e. The van der Waals surface area contributed by atoms with Crippen LogP contribution in [-0.4, -0.2) is 0 Å². The highest BCUT2D eigenvalue weighted by atomic mass is 16.3. The molecule has 0 spiro atoms. The molecule has 0 fully saturated rings. The Morgan fingerprint density at radius 3 is 1.81 bits per heavy atom. The minimum absolute atomic E-state index is 0.0450. The first-order valence-electron chi connectivity index (χ1n) is 25.2. The van der Waals surface area contributed by atoms with E-state index in [0.29, 0.717) is 0 Å². The molecular weight excluding hydrogens is 520 g/mol. The van der Waals surface area contributed by atoms with Gasteiger partial charge in [0.2, 0.25) is 0 Å². The molecular formula is C42H30O. The summed E-state index contributed by atoms with van der Waals surface area (Å²) < 4.78 is 223. The van der Waals surface area contributed by atoms with Crippen LogP contribution in [0.25, 0.3) is 76.9 Å². The van der Waals surface area contributed by atoms with Gasteiger partial charge in [0.05, 0.1) is 28.8 Å². The molecule has 1 unspecified atom stereocenters. The molecule has 1 aliphatic rings. The average molecular weight is 575 g/mol. The Balaban J connectivity index is 1.70. The van der Waals surface area contributed by atoms with Gasteiger partial charge in [-0.3, -0.25) is 0 Å². The van der Waals surface area contributed by atoms with E-state index in [4.69, 9.17) is 27.7 Å². The fourth-order valence-corrected chi connectivity index (χ4v) is 6.19. The Morgan fingerprint density at radius 1 is 0.558 bits per heavy atom. The quantitative estimate of drug-likeness (QED) is 0.187. The molecule has 1 heteroatoms. The Kier molecular flexibility index (Phi) is 2.13. The minimum atomic E-state index is -3.34. The molecule has 9 rings (SSSR count). The molecule has 0 radical (unpaired) electrons. The van der Waals surface area contributed by atoms with Gasteiger partial charge < -0.3 is 4.42 Å². The van der Waals surface area contributed by atoms with Gasteiger partial charge in [0, 0.05) is 20.3 Å². The van der Waals surface area contributed by atoms with Crippen LogP contribution in [0.5, 0.6) is 0 Å². The van der Waals surface area contributed by atoms with E-state index < -0.39 is 211 Å². The van der Waals surface area contributed by atoms with E-state index >= 15 is 0 Å². The molecule has 43 heavy (non-hydrogen) atoms. The highest BCUT2D eigenvalue weighted by molar-refractivity contribution is 6.26. The van der Waals surface area contributed by atoms with Crippen molar-refractivity contribution in [2.75, 3.05) is 0 Å². The fourth-order valence-electron chi connectivity index (χ4n) is 6.19. The van der Waals surface area contributed by atoms with Crippen molar-refractivity contribution in [1.82, 2.24) is 0 Å². The second kappa shape index (κ2) is 8.69. The van der Waals surface area contributed by atoms with Crippen molar-refractivity contribution in [3.05, 3.63) is 144 Å². The summed E-state index contributed by atoms with van der Waals surface area (Å²) in [5.74, 6) is 0. The van der Waals surface area contributed by atoms with Gasteiger partial charge in [0.1, 0.15) is 11.2 Å². The molecule has 0 N–H and O–H groups in total.